The standard InChI is InChI=1S/C11H27N5/c1-10(2)9-13-11(14-12)16(5)8-6-7-15(3)4/h10H,6-9,12H2,1-5H3,(H,13,14). The summed E-state index contributed by atoms with van der Waals surface area (Å²) < 4.78 is 0. The van der Waals surface area contributed by atoms with Gasteiger partial charge in [-0.2, -0.15) is 0 Å². The van der Waals surface area contributed by atoms with E-state index < -0.39 is 0 Å². The van der Waals surface area contributed by atoms with E-state index in [-0.39, 0.29) is 0 Å². The highest BCUT2D eigenvalue weighted by atomic mass is 15.4. The molecular weight excluding hydrogens is 202 g/mol. The summed E-state index contributed by atoms with van der Waals surface area (Å²) >= 11 is 0. The van der Waals surface area contributed by atoms with Crippen LogP contribution in [0.5, 0.6) is 0 Å². The highest BCUT2D eigenvalue weighted by Gasteiger charge is 2.04. The number of nitrogens with zero attached hydrogens (tertiary/aromatic N) is 3. The average Bonchev–Trinajstić information content (AvgIpc) is 2.17. The number of aliphatic imine (C=N–C) groups is 1. The molecule has 0 bridgehead atoms. The molecule has 96 valence electrons. The Balaban J connectivity index is 4.00. The van der Waals surface area contributed by atoms with E-state index in [2.05, 4.69) is 48.2 Å². The van der Waals surface area contributed by atoms with Crippen LogP contribution in [0, 0.1) is 5.92 Å². The largest absolute Gasteiger partial charge is 0.345 e. The van der Waals surface area contributed by atoms with Crippen LogP contribution in [0.3, 0.4) is 0 Å². The average molecular weight is 229 g/mol. The minimum absolute atomic E-state index is 0.554. The third kappa shape index (κ3) is 7.48. The number of guanidine groups is 1. The molecule has 0 unspecified atom stereocenters. The van der Waals surface area contributed by atoms with Gasteiger partial charge in [0.05, 0.1) is 0 Å². The number of hydrogen-bond acceptors (Lipinski definition) is 3. The highest BCUT2D eigenvalue weighted by Crippen LogP contribution is 1.95. The maximum Gasteiger partial charge on any atom is 0.208 e. The van der Waals surface area contributed by atoms with Crippen LogP contribution >= 0.6 is 0 Å². The predicted octanol–water partition coefficient (Wildman–Crippen LogP) is 0.345. The fourth-order valence-electron chi connectivity index (χ4n) is 1.28. The van der Waals surface area contributed by atoms with Crippen molar-refractivity contribution in [3.63, 3.8) is 0 Å². The Morgan fingerprint density at radius 2 is 1.88 bits per heavy atom. The van der Waals surface area contributed by atoms with Crippen molar-refractivity contribution in [3.8, 4) is 0 Å². The predicted molar refractivity (Wildman–Crippen MR) is 70.3 cm³/mol. The molecular formula is C11H27N5. The Morgan fingerprint density at radius 3 is 2.31 bits per heavy atom. The first-order valence-electron chi connectivity index (χ1n) is 5.84. The van der Waals surface area contributed by atoms with Gasteiger partial charge >= 0.3 is 0 Å². The van der Waals surface area contributed by atoms with Gasteiger partial charge in [0.25, 0.3) is 0 Å². The molecule has 0 aliphatic carbocycles. The lowest BCUT2D eigenvalue weighted by Crippen LogP contribution is -2.43. The van der Waals surface area contributed by atoms with Crippen LogP contribution in [0.1, 0.15) is 20.3 Å². The second-order valence-corrected chi connectivity index (χ2v) is 4.78. The van der Waals surface area contributed by atoms with Crippen LogP contribution in [-0.4, -0.2) is 56.5 Å². The molecule has 5 nitrogen and oxygen atoms in total. The van der Waals surface area contributed by atoms with E-state index in [0.29, 0.717) is 5.92 Å². The second-order valence-electron chi connectivity index (χ2n) is 4.78. The lowest BCUT2D eigenvalue weighted by molar-refractivity contribution is 0.366. The molecule has 0 fully saturated rings. The summed E-state index contributed by atoms with van der Waals surface area (Å²) in [5, 5.41) is 0. The normalized spacial score (nSPS) is 12.4. The van der Waals surface area contributed by atoms with E-state index in [1.54, 1.807) is 0 Å². The van der Waals surface area contributed by atoms with E-state index in [0.717, 1.165) is 32.0 Å². The van der Waals surface area contributed by atoms with Crippen LogP contribution in [0.2, 0.25) is 0 Å². The quantitative estimate of drug-likeness (QED) is 0.298. The van der Waals surface area contributed by atoms with Gasteiger partial charge < -0.3 is 9.80 Å². The lowest BCUT2D eigenvalue weighted by atomic mass is 10.2. The molecule has 3 N–H and O–H groups in total. The van der Waals surface area contributed by atoms with Crippen LogP contribution in [0.15, 0.2) is 4.99 Å². The van der Waals surface area contributed by atoms with Crippen molar-refractivity contribution in [1.29, 1.82) is 0 Å². The summed E-state index contributed by atoms with van der Waals surface area (Å²) in [6.07, 6.45) is 1.10. The lowest BCUT2D eigenvalue weighted by Gasteiger charge is -2.21. The molecule has 0 heterocycles. The van der Waals surface area contributed by atoms with Gasteiger partial charge in [-0.1, -0.05) is 13.8 Å². The Labute approximate surface area is 99.7 Å². The molecule has 0 saturated carbocycles. The van der Waals surface area contributed by atoms with Crippen LogP contribution in [0.25, 0.3) is 0 Å². The number of nitrogens with one attached hydrogen (secondary N) is 1. The van der Waals surface area contributed by atoms with Crippen molar-refractivity contribution in [2.24, 2.45) is 16.8 Å². The number of nitrogens with two attached hydrogens (primary N) is 1. The van der Waals surface area contributed by atoms with E-state index in [1.165, 1.54) is 0 Å². The maximum atomic E-state index is 5.46. The Morgan fingerprint density at radius 1 is 1.25 bits per heavy atom. The Bertz CT molecular complexity index is 201. The van der Waals surface area contributed by atoms with E-state index >= 15 is 0 Å². The van der Waals surface area contributed by atoms with Gasteiger partial charge in [0.15, 0.2) is 0 Å². The molecule has 0 spiro atoms. The van der Waals surface area contributed by atoms with Gasteiger partial charge in [-0.3, -0.25) is 10.4 Å². The molecule has 0 aromatic heterocycles. The van der Waals surface area contributed by atoms with E-state index in [4.69, 9.17) is 5.84 Å². The van der Waals surface area contributed by atoms with Crippen molar-refractivity contribution >= 4 is 5.96 Å². The van der Waals surface area contributed by atoms with Gasteiger partial charge in [0.1, 0.15) is 0 Å². The van der Waals surface area contributed by atoms with Crippen molar-refractivity contribution in [3.05, 3.63) is 0 Å². The zero-order valence-electron chi connectivity index (χ0n) is 11.3. The van der Waals surface area contributed by atoms with Crippen LogP contribution in [0.4, 0.5) is 0 Å². The van der Waals surface area contributed by atoms with Crippen molar-refractivity contribution < 1.29 is 0 Å². The van der Waals surface area contributed by atoms with Gasteiger partial charge in [0.2, 0.25) is 5.96 Å². The molecule has 0 rings (SSSR count). The summed E-state index contributed by atoms with van der Waals surface area (Å²) in [6.45, 7) is 7.12. The molecule has 0 amide bonds. The summed E-state index contributed by atoms with van der Waals surface area (Å²) in [5.74, 6) is 6.78. The fraction of sp³-hybridized carbons (Fsp3) is 0.909. The summed E-state index contributed by atoms with van der Waals surface area (Å²) in [7, 11) is 6.17. The van der Waals surface area contributed by atoms with Crippen molar-refractivity contribution in [2.75, 3.05) is 40.8 Å². The van der Waals surface area contributed by atoms with Crippen molar-refractivity contribution in [1.82, 2.24) is 15.2 Å². The topological polar surface area (TPSA) is 56.9 Å². The molecule has 0 aliphatic rings. The Hall–Kier alpha value is -0.810. The summed E-state index contributed by atoms with van der Waals surface area (Å²) in [4.78, 5) is 8.67. The molecule has 0 saturated heterocycles. The SMILES string of the molecule is CC(C)CN=C(NN)N(C)CCCN(C)C. The molecule has 0 radical (unpaired) electrons. The minimum Gasteiger partial charge on any atom is -0.345 e. The first-order valence-corrected chi connectivity index (χ1v) is 5.84. The van der Waals surface area contributed by atoms with Gasteiger partial charge in [0, 0.05) is 20.1 Å². The van der Waals surface area contributed by atoms with Crippen LogP contribution in [-0.2, 0) is 0 Å². The molecule has 0 aliphatic heterocycles. The van der Waals surface area contributed by atoms with Crippen molar-refractivity contribution in [2.45, 2.75) is 20.3 Å². The van der Waals surface area contributed by atoms with Gasteiger partial charge in [-0.15, -0.1) is 0 Å². The third-order valence-electron chi connectivity index (χ3n) is 2.20. The highest BCUT2D eigenvalue weighted by molar-refractivity contribution is 5.79. The monoisotopic (exact) mass is 229 g/mol. The van der Waals surface area contributed by atoms with Crippen LogP contribution < -0.4 is 11.3 Å². The zero-order chi connectivity index (χ0) is 12.6. The smallest absolute Gasteiger partial charge is 0.208 e. The molecule has 0 aromatic rings. The molecule has 16 heavy (non-hydrogen) atoms. The number of hydrazine groups is 1. The minimum atomic E-state index is 0.554. The number of hydrogen-bond donors (Lipinski definition) is 2. The first kappa shape index (κ1) is 15.2. The maximum absolute atomic E-state index is 5.46. The first-order chi connectivity index (χ1) is 7.47. The summed E-state index contributed by atoms with van der Waals surface area (Å²) in [6, 6.07) is 0. The second kappa shape index (κ2) is 8.35. The van der Waals surface area contributed by atoms with E-state index in [9.17, 15) is 0 Å². The summed E-state index contributed by atoms with van der Waals surface area (Å²) in [5.41, 5.74) is 2.66. The Kier molecular flexibility index (Phi) is 7.93. The van der Waals surface area contributed by atoms with E-state index in [1.807, 2.05) is 7.05 Å². The van der Waals surface area contributed by atoms with Gasteiger partial charge in [-0.25, -0.2) is 5.84 Å². The van der Waals surface area contributed by atoms with Gasteiger partial charge in [-0.05, 0) is 33.0 Å². The third-order valence-corrected chi connectivity index (χ3v) is 2.20. The molecule has 5 heteroatoms. The zero-order valence-corrected chi connectivity index (χ0v) is 11.3. The molecule has 0 aromatic carbocycles. The molecule has 0 atom stereocenters. The fourth-order valence-corrected chi connectivity index (χ4v) is 1.28. The number of rotatable bonds is 6.